The number of hydrogen-bond donors (Lipinski definition) is 1. The molecule has 1 N–H and O–H groups in total. The van der Waals surface area contributed by atoms with E-state index in [9.17, 15) is 0 Å². The molecule has 0 atom stereocenters. The van der Waals surface area contributed by atoms with Gasteiger partial charge in [0.1, 0.15) is 0 Å². The van der Waals surface area contributed by atoms with E-state index in [1.807, 2.05) is 13.1 Å². The summed E-state index contributed by atoms with van der Waals surface area (Å²) in [7, 11) is 0. The summed E-state index contributed by atoms with van der Waals surface area (Å²) < 4.78 is 5.41. The van der Waals surface area contributed by atoms with Gasteiger partial charge in [-0.3, -0.25) is 0 Å². The van der Waals surface area contributed by atoms with Crippen molar-refractivity contribution in [1.29, 1.82) is 0 Å². The number of H-pyrrole nitrogens is 1. The smallest absolute Gasteiger partial charge is 0.0737 e. The number of rotatable bonds is 3. The topological polar surface area (TPSA) is 25.0 Å². The molecule has 2 heteroatoms. The SMILES string of the molecule is CCOCc1c[nH]c2c(C)cccc12. The van der Waals surface area contributed by atoms with Gasteiger partial charge in [-0.2, -0.15) is 0 Å². The monoisotopic (exact) mass is 189 g/mol. The molecular weight excluding hydrogens is 174 g/mol. The van der Waals surface area contributed by atoms with Crippen molar-refractivity contribution >= 4 is 10.9 Å². The molecule has 0 aliphatic rings. The lowest BCUT2D eigenvalue weighted by Gasteiger charge is -1.99. The van der Waals surface area contributed by atoms with Gasteiger partial charge in [0.25, 0.3) is 0 Å². The highest BCUT2D eigenvalue weighted by Gasteiger charge is 2.04. The van der Waals surface area contributed by atoms with Gasteiger partial charge in [-0.1, -0.05) is 18.2 Å². The third-order valence-corrected chi connectivity index (χ3v) is 2.47. The van der Waals surface area contributed by atoms with Crippen LogP contribution in [0, 0.1) is 6.92 Å². The molecule has 2 nitrogen and oxygen atoms in total. The van der Waals surface area contributed by atoms with Gasteiger partial charge < -0.3 is 9.72 Å². The Bertz CT molecular complexity index is 431. The van der Waals surface area contributed by atoms with Crippen molar-refractivity contribution in [3.05, 3.63) is 35.5 Å². The molecule has 0 aliphatic heterocycles. The molecule has 2 aromatic rings. The normalized spacial score (nSPS) is 11.0. The molecule has 0 saturated heterocycles. The summed E-state index contributed by atoms with van der Waals surface area (Å²) in [6, 6.07) is 6.33. The molecule has 2 rings (SSSR count). The van der Waals surface area contributed by atoms with Crippen molar-refractivity contribution in [2.24, 2.45) is 0 Å². The van der Waals surface area contributed by atoms with Gasteiger partial charge in [0.15, 0.2) is 0 Å². The van der Waals surface area contributed by atoms with Gasteiger partial charge in [0, 0.05) is 29.3 Å². The standard InChI is InChI=1S/C12H15NO/c1-3-14-8-10-7-13-12-9(2)5-4-6-11(10)12/h4-7,13H,3,8H2,1-2H3. The Hall–Kier alpha value is -1.28. The van der Waals surface area contributed by atoms with Crippen LogP contribution in [-0.4, -0.2) is 11.6 Å². The van der Waals surface area contributed by atoms with Crippen LogP contribution in [-0.2, 0) is 11.3 Å². The second-order valence-electron chi connectivity index (χ2n) is 3.45. The van der Waals surface area contributed by atoms with Crippen LogP contribution in [0.1, 0.15) is 18.1 Å². The molecule has 1 aromatic carbocycles. The van der Waals surface area contributed by atoms with E-state index in [0.29, 0.717) is 6.61 Å². The van der Waals surface area contributed by atoms with Gasteiger partial charge in [-0.25, -0.2) is 0 Å². The van der Waals surface area contributed by atoms with Crippen molar-refractivity contribution in [3.8, 4) is 0 Å². The number of ether oxygens (including phenoxy) is 1. The lowest BCUT2D eigenvalue weighted by Crippen LogP contribution is -1.89. The van der Waals surface area contributed by atoms with E-state index in [1.54, 1.807) is 0 Å². The average molecular weight is 189 g/mol. The van der Waals surface area contributed by atoms with Crippen LogP contribution < -0.4 is 0 Å². The zero-order chi connectivity index (χ0) is 9.97. The highest BCUT2D eigenvalue weighted by Crippen LogP contribution is 2.21. The number of fused-ring (bicyclic) bond motifs is 1. The Morgan fingerprint density at radius 3 is 3.00 bits per heavy atom. The summed E-state index contributed by atoms with van der Waals surface area (Å²) in [5.74, 6) is 0. The first-order valence-electron chi connectivity index (χ1n) is 4.96. The molecule has 14 heavy (non-hydrogen) atoms. The fourth-order valence-electron chi connectivity index (χ4n) is 1.70. The summed E-state index contributed by atoms with van der Waals surface area (Å²) in [6.07, 6.45) is 2.04. The molecule has 0 amide bonds. The molecule has 1 heterocycles. The molecule has 0 aliphatic carbocycles. The molecule has 0 saturated carbocycles. The number of aromatic amines is 1. The van der Waals surface area contributed by atoms with Crippen LogP contribution in [0.15, 0.2) is 24.4 Å². The predicted octanol–water partition coefficient (Wildman–Crippen LogP) is 3.01. The second kappa shape index (κ2) is 3.84. The van der Waals surface area contributed by atoms with Gasteiger partial charge in [0.05, 0.1) is 6.61 Å². The summed E-state index contributed by atoms with van der Waals surface area (Å²) in [5, 5.41) is 1.28. The van der Waals surface area contributed by atoms with Crippen LogP contribution in [0.2, 0.25) is 0 Å². The Labute approximate surface area is 83.9 Å². The maximum atomic E-state index is 5.41. The van der Waals surface area contributed by atoms with Crippen molar-refractivity contribution in [3.63, 3.8) is 0 Å². The summed E-state index contributed by atoms with van der Waals surface area (Å²) in [4.78, 5) is 3.29. The molecular formula is C12H15NO. The number of para-hydroxylation sites is 1. The molecule has 0 unspecified atom stereocenters. The third-order valence-electron chi connectivity index (χ3n) is 2.47. The molecule has 0 spiro atoms. The minimum atomic E-state index is 0.694. The fourth-order valence-corrected chi connectivity index (χ4v) is 1.70. The quantitative estimate of drug-likeness (QED) is 0.788. The van der Waals surface area contributed by atoms with Crippen LogP contribution in [0.3, 0.4) is 0 Å². The third kappa shape index (κ3) is 1.53. The van der Waals surface area contributed by atoms with E-state index in [0.717, 1.165) is 6.61 Å². The molecule has 0 radical (unpaired) electrons. The number of aryl methyl sites for hydroxylation is 1. The maximum absolute atomic E-state index is 5.41. The number of hydrogen-bond acceptors (Lipinski definition) is 1. The predicted molar refractivity (Wildman–Crippen MR) is 58.4 cm³/mol. The van der Waals surface area contributed by atoms with Crippen molar-refractivity contribution < 1.29 is 4.74 Å². The average Bonchev–Trinajstić information content (AvgIpc) is 2.60. The minimum Gasteiger partial charge on any atom is -0.377 e. The van der Waals surface area contributed by atoms with Gasteiger partial charge in [-0.15, -0.1) is 0 Å². The first-order valence-corrected chi connectivity index (χ1v) is 4.96. The fraction of sp³-hybridized carbons (Fsp3) is 0.333. The van der Waals surface area contributed by atoms with Crippen LogP contribution >= 0.6 is 0 Å². The first kappa shape index (κ1) is 9.28. The summed E-state index contributed by atoms with van der Waals surface area (Å²) in [5.41, 5.74) is 3.75. The molecule has 74 valence electrons. The van der Waals surface area contributed by atoms with E-state index >= 15 is 0 Å². The highest BCUT2D eigenvalue weighted by molar-refractivity contribution is 5.85. The lowest BCUT2D eigenvalue weighted by molar-refractivity contribution is 0.135. The molecule has 0 bridgehead atoms. The summed E-state index contributed by atoms with van der Waals surface area (Å²) in [6.45, 7) is 5.59. The number of aromatic nitrogens is 1. The minimum absolute atomic E-state index is 0.694. The van der Waals surface area contributed by atoms with Crippen molar-refractivity contribution in [1.82, 2.24) is 4.98 Å². The van der Waals surface area contributed by atoms with Gasteiger partial charge >= 0.3 is 0 Å². The van der Waals surface area contributed by atoms with Crippen LogP contribution in [0.5, 0.6) is 0 Å². The second-order valence-corrected chi connectivity index (χ2v) is 3.45. The largest absolute Gasteiger partial charge is 0.377 e. The van der Waals surface area contributed by atoms with Crippen LogP contribution in [0.4, 0.5) is 0 Å². The number of nitrogens with one attached hydrogen (secondary N) is 1. The van der Waals surface area contributed by atoms with Crippen molar-refractivity contribution in [2.75, 3.05) is 6.61 Å². The highest BCUT2D eigenvalue weighted by atomic mass is 16.5. The first-order chi connectivity index (χ1) is 6.83. The Morgan fingerprint density at radius 1 is 1.36 bits per heavy atom. The molecule has 0 fully saturated rings. The van der Waals surface area contributed by atoms with E-state index in [2.05, 4.69) is 30.1 Å². The van der Waals surface area contributed by atoms with E-state index < -0.39 is 0 Å². The summed E-state index contributed by atoms with van der Waals surface area (Å²) >= 11 is 0. The van der Waals surface area contributed by atoms with E-state index in [1.165, 1.54) is 22.0 Å². The van der Waals surface area contributed by atoms with Crippen molar-refractivity contribution in [2.45, 2.75) is 20.5 Å². The Kier molecular flexibility index (Phi) is 2.55. The van der Waals surface area contributed by atoms with E-state index in [4.69, 9.17) is 4.74 Å². The van der Waals surface area contributed by atoms with Gasteiger partial charge in [-0.05, 0) is 19.4 Å². The zero-order valence-corrected chi connectivity index (χ0v) is 8.63. The molecule has 1 aromatic heterocycles. The Morgan fingerprint density at radius 2 is 2.21 bits per heavy atom. The lowest BCUT2D eigenvalue weighted by atomic mass is 10.1. The number of benzene rings is 1. The maximum Gasteiger partial charge on any atom is 0.0737 e. The Balaban J connectivity index is 2.42. The van der Waals surface area contributed by atoms with E-state index in [-0.39, 0.29) is 0 Å². The van der Waals surface area contributed by atoms with Gasteiger partial charge in [0.2, 0.25) is 0 Å². The zero-order valence-electron chi connectivity index (χ0n) is 8.63. The van der Waals surface area contributed by atoms with Crippen LogP contribution in [0.25, 0.3) is 10.9 Å².